The number of ether oxygens (including phenoxy) is 1. The number of fused-ring (bicyclic) bond motifs is 2. The average Bonchev–Trinajstić information content (AvgIpc) is 3.25. The Morgan fingerprint density at radius 1 is 1.17 bits per heavy atom. The minimum atomic E-state index is -0.965. The normalized spacial score (nSPS) is 26.6. The van der Waals surface area contributed by atoms with Crippen LogP contribution in [0.5, 0.6) is 5.75 Å². The van der Waals surface area contributed by atoms with E-state index in [1.165, 1.54) is 11.9 Å². The van der Waals surface area contributed by atoms with Crippen molar-refractivity contribution < 1.29 is 14.9 Å². The highest BCUT2D eigenvalue weighted by atomic mass is 16.5. The maximum Gasteiger partial charge on any atom is 0.143 e. The Bertz CT molecular complexity index is 1060. The van der Waals surface area contributed by atoms with Crippen LogP contribution in [-0.4, -0.2) is 49.6 Å². The molecule has 7 heteroatoms. The molecule has 1 saturated carbocycles. The second-order valence-electron chi connectivity index (χ2n) is 8.19. The van der Waals surface area contributed by atoms with Gasteiger partial charge in [-0.3, -0.25) is 0 Å². The first kappa shape index (κ1) is 18.5. The molecule has 0 saturated heterocycles. The van der Waals surface area contributed by atoms with Gasteiger partial charge in [-0.1, -0.05) is 6.07 Å². The van der Waals surface area contributed by atoms with Gasteiger partial charge in [-0.15, -0.1) is 0 Å². The van der Waals surface area contributed by atoms with E-state index in [9.17, 15) is 10.2 Å². The highest BCUT2D eigenvalue weighted by Gasteiger charge is 2.44. The van der Waals surface area contributed by atoms with Crippen molar-refractivity contribution in [3.8, 4) is 5.75 Å². The van der Waals surface area contributed by atoms with Crippen LogP contribution in [0.25, 0.3) is 11.0 Å². The lowest BCUT2D eigenvalue weighted by Crippen LogP contribution is -2.35. The molecule has 4 atom stereocenters. The van der Waals surface area contributed by atoms with E-state index < -0.39 is 18.3 Å². The number of aromatic nitrogens is 3. The van der Waals surface area contributed by atoms with Crippen molar-refractivity contribution in [2.45, 2.75) is 57.6 Å². The van der Waals surface area contributed by atoms with Crippen molar-refractivity contribution >= 4 is 11.0 Å². The van der Waals surface area contributed by atoms with E-state index in [4.69, 9.17) is 4.74 Å². The van der Waals surface area contributed by atoms with Crippen LogP contribution in [0.4, 0.5) is 0 Å². The third kappa shape index (κ3) is 3.10. The molecule has 29 heavy (non-hydrogen) atoms. The van der Waals surface area contributed by atoms with Crippen LogP contribution in [0.2, 0.25) is 0 Å². The lowest BCUT2D eigenvalue weighted by molar-refractivity contribution is -0.0166. The topological polar surface area (TPSA) is 92.4 Å². The predicted octanol–water partition coefficient (Wildman–Crippen LogP) is 1.81. The number of aryl methyl sites for hydroxylation is 2. The Balaban J connectivity index is 1.45. The fourth-order valence-corrected chi connectivity index (χ4v) is 4.71. The molecule has 0 radical (unpaired) electrons. The largest absolute Gasteiger partial charge is 0.487 e. The molecule has 2 aromatic heterocycles. The molecule has 0 amide bonds. The van der Waals surface area contributed by atoms with Crippen molar-refractivity contribution in [2.24, 2.45) is 0 Å². The Labute approximate surface area is 169 Å². The molecular weight excluding hydrogens is 368 g/mol. The van der Waals surface area contributed by atoms with E-state index in [0.29, 0.717) is 6.42 Å². The third-order valence-corrected chi connectivity index (χ3v) is 6.26. The Morgan fingerprint density at radius 2 is 2.03 bits per heavy atom. The SMILES string of the molecule is Cc1cc2c(c(O[C@H]3C[C@@H](n4ccc5c(C)ncnc54)[C@H](O)[C@@H]3O)c1)CNCC2. The first-order valence-corrected chi connectivity index (χ1v) is 10.2. The average molecular weight is 394 g/mol. The van der Waals surface area contributed by atoms with E-state index in [0.717, 1.165) is 53.1 Å². The van der Waals surface area contributed by atoms with E-state index in [-0.39, 0.29) is 6.04 Å². The van der Waals surface area contributed by atoms with Gasteiger partial charge in [-0.2, -0.15) is 0 Å². The van der Waals surface area contributed by atoms with Gasteiger partial charge < -0.3 is 24.8 Å². The quantitative estimate of drug-likeness (QED) is 0.628. The Kier molecular flexibility index (Phi) is 4.53. The molecule has 3 heterocycles. The number of benzene rings is 1. The minimum absolute atomic E-state index is 0.305. The standard InChI is InChI=1S/C22H26N4O3/c1-12-7-14-3-5-23-10-16(14)18(8-12)29-19-9-17(20(27)21(19)28)26-6-4-15-13(2)24-11-25-22(15)26/h4,6-8,11,17,19-21,23,27-28H,3,5,9-10H2,1-2H3/t17-,19+,20+,21-/m1/s1. The maximum atomic E-state index is 10.8. The van der Waals surface area contributed by atoms with Gasteiger partial charge in [0.15, 0.2) is 0 Å². The third-order valence-electron chi connectivity index (χ3n) is 6.26. The number of hydrogen-bond donors (Lipinski definition) is 3. The summed E-state index contributed by atoms with van der Waals surface area (Å²) in [5.41, 5.74) is 5.27. The van der Waals surface area contributed by atoms with Crippen molar-refractivity contribution in [3.63, 3.8) is 0 Å². The van der Waals surface area contributed by atoms with E-state index in [1.54, 1.807) is 0 Å². The van der Waals surface area contributed by atoms with Crippen molar-refractivity contribution in [1.29, 1.82) is 0 Å². The van der Waals surface area contributed by atoms with Crippen LogP contribution >= 0.6 is 0 Å². The second-order valence-corrected chi connectivity index (χ2v) is 8.19. The number of aliphatic hydroxyl groups is 2. The van der Waals surface area contributed by atoms with Crippen LogP contribution in [0, 0.1) is 13.8 Å². The van der Waals surface area contributed by atoms with Crippen LogP contribution < -0.4 is 10.1 Å². The number of rotatable bonds is 3. The van der Waals surface area contributed by atoms with Crippen molar-refractivity contribution in [1.82, 2.24) is 19.9 Å². The molecule has 152 valence electrons. The molecule has 5 rings (SSSR count). The number of nitrogens with one attached hydrogen (secondary N) is 1. The summed E-state index contributed by atoms with van der Waals surface area (Å²) in [5.74, 6) is 0.805. The fourth-order valence-electron chi connectivity index (χ4n) is 4.71. The molecule has 1 aromatic carbocycles. The molecule has 0 spiro atoms. The summed E-state index contributed by atoms with van der Waals surface area (Å²) < 4.78 is 8.24. The molecule has 7 nitrogen and oxygen atoms in total. The lowest BCUT2D eigenvalue weighted by Gasteiger charge is -2.25. The molecular formula is C22H26N4O3. The van der Waals surface area contributed by atoms with E-state index in [1.807, 2.05) is 29.8 Å². The predicted molar refractivity (Wildman–Crippen MR) is 109 cm³/mol. The Hall–Kier alpha value is -2.48. The number of nitrogens with zero attached hydrogens (tertiary/aromatic N) is 3. The number of hydrogen-bond acceptors (Lipinski definition) is 6. The molecule has 3 aromatic rings. The van der Waals surface area contributed by atoms with Crippen LogP contribution in [0.3, 0.4) is 0 Å². The van der Waals surface area contributed by atoms with Crippen LogP contribution in [-0.2, 0) is 13.0 Å². The van der Waals surface area contributed by atoms with Gasteiger partial charge in [-0.05, 0) is 50.1 Å². The highest BCUT2D eigenvalue weighted by molar-refractivity contribution is 5.78. The van der Waals surface area contributed by atoms with Gasteiger partial charge in [0.1, 0.15) is 36.0 Å². The van der Waals surface area contributed by atoms with Gasteiger partial charge in [0.05, 0.1) is 11.7 Å². The van der Waals surface area contributed by atoms with Crippen molar-refractivity contribution in [3.05, 3.63) is 53.1 Å². The van der Waals surface area contributed by atoms with Gasteiger partial charge in [-0.25, -0.2) is 9.97 Å². The molecule has 0 unspecified atom stereocenters. The highest BCUT2D eigenvalue weighted by Crippen LogP contribution is 2.37. The molecule has 0 bridgehead atoms. The summed E-state index contributed by atoms with van der Waals surface area (Å²) in [6.45, 7) is 5.73. The van der Waals surface area contributed by atoms with Gasteiger partial charge >= 0.3 is 0 Å². The molecule has 3 N–H and O–H groups in total. The zero-order chi connectivity index (χ0) is 20.1. The lowest BCUT2D eigenvalue weighted by atomic mass is 9.97. The van der Waals surface area contributed by atoms with Gasteiger partial charge in [0.2, 0.25) is 0 Å². The molecule has 2 aliphatic rings. The number of aliphatic hydroxyl groups excluding tert-OH is 2. The van der Waals surface area contributed by atoms with Crippen LogP contribution in [0.15, 0.2) is 30.7 Å². The molecule has 1 aliphatic heterocycles. The van der Waals surface area contributed by atoms with E-state index >= 15 is 0 Å². The molecule has 1 aliphatic carbocycles. The summed E-state index contributed by atoms with van der Waals surface area (Å²) in [7, 11) is 0. The summed E-state index contributed by atoms with van der Waals surface area (Å²) in [4.78, 5) is 8.63. The van der Waals surface area contributed by atoms with Gasteiger partial charge in [0, 0.05) is 30.1 Å². The van der Waals surface area contributed by atoms with E-state index in [2.05, 4.69) is 28.3 Å². The van der Waals surface area contributed by atoms with Crippen molar-refractivity contribution in [2.75, 3.05) is 6.54 Å². The minimum Gasteiger partial charge on any atom is -0.487 e. The first-order valence-electron chi connectivity index (χ1n) is 10.2. The fraction of sp³-hybridized carbons (Fsp3) is 0.455. The summed E-state index contributed by atoms with van der Waals surface area (Å²) in [6, 6.07) is 5.89. The maximum absolute atomic E-state index is 10.8. The summed E-state index contributed by atoms with van der Waals surface area (Å²) in [5, 5.41) is 25.9. The molecule has 1 fully saturated rings. The Morgan fingerprint density at radius 3 is 2.90 bits per heavy atom. The van der Waals surface area contributed by atoms with Crippen LogP contribution in [0.1, 0.15) is 34.8 Å². The van der Waals surface area contributed by atoms with Gasteiger partial charge in [0.25, 0.3) is 0 Å². The zero-order valence-corrected chi connectivity index (χ0v) is 16.7. The summed E-state index contributed by atoms with van der Waals surface area (Å²) in [6.07, 6.45) is 2.55. The monoisotopic (exact) mass is 394 g/mol. The smallest absolute Gasteiger partial charge is 0.143 e. The second kappa shape index (κ2) is 7.09. The first-order chi connectivity index (χ1) is 14.0. The summed E-state index contributed by atoms with van der Waals surface area (Å²) >= 11 is 0. The zero-order valence-electron chi connectivity index (χ0n) is 16.7.